The van der Waals surface area contributed by atoms with Gasteiger partial charge in [-0.2, -0.15) is 0 Å². The highest BCUT2D eigenvalue weighted by atomic mass is 32.1. The van der Waals surface area contributed by atoms with Crippen LogP contribution in [0.3, 0.4) is 0 Å². The Labute approximate surface area is 149 Å². The number of rotatable bonds is 3. The van der Waals surface area contributed by atoms with Crippen molar-refractivity contribution in [3.63, 3.8) is 0 Å². The third-order valence-corrected chi connectivity index (χ3v) is 5.23. The number of halogens is 1. The van der Waals surface area contributed by atoms with E-state index in [2.05, 4.69) is 41.3 Å². The Bertz CT molecular complexity index is 1060. The molecule has 0 amide bonds. The maximum Gasteiger partial charge on any atom is 0.196 e. The summed E-state index contributed by atoms with van der Waals surface area (Å²) in [5.74, 6) is 0.395. The van der Waals surface area contributed by atoms with E-state index in [9.17, 15) is 4.39 Å². The molecule has 0 fully saturated rings. The number of hydrogen-bond donors (Lipinski definition) is 1. The Morgan fingerprint density at radius 1 is 1.12 bits per heavy atom. The third-order valence-electron chi connectivity index (χ3n) is 4.29. The fraction of sp³-hybridized carbons (Fsp3) is 0.158. The number of anilines is 2. The molecule has 0 saturated carbocycles. The van der Waals surface area contributed by atoms with Crippen molar-refractivity contribution >= 4 is 27.8 Å². The van der Waals surface area contributed by atoms with E-state index >= 15 is 0 Å². The van der Waals surface area contributed by atoms with Crippen molar-refractivity contribution in [2.75, 3.05) is 5.32 Å². The highest BCUT2D eigenvalue weighted by Gasteiger charge is 2.20. The first kappa shape index (κ1) is 15.8. The van der Waals surface area contributed by atoms with Gasteiger partial charge in [0.2, 0.25) is 0 Å². The van der Waals surface area contributed by atoms with Gasteiger partial charge in [-0.15, -0.1) is 11.3 Å². The molecule has 3 heterocycles. The second kappa shape index (κ2) is 5.97. The second-order valence-electron chi connectivity index (χ2n) is 6.05. The zero-order valence-electron chi connectivity index (χ0n) is 14.2. The quantitative estimate of drug-likeness (QED) is 0.546. The van der Waals surface area contributed by atoms with Gasteiger partial charge in [-0.25, -0.2) is 9.37 Å². The van der Waals surface area contributed by atoms with Crippen molar-refractivity contribution in [1.82, 2.24) is 14.4 Å². The zero-order valence-corrected chi connectivity index (χ0v) is 15.0. The van der Waals surface area contributed by atoms with Crippen molar-refractivity contribution in [2.24, 2.45) is 0 Å². The number of aromatic nitrogens is 3. The molecular formula is C19H17FN4S. The van der Waals surface area contributed by atoms with E-state index < -0.39 is 0 Å². The second-order valence-corrected chi connectivity index (χ2v) is 6.89. The normalized spacial score (nSPS) is 11.2. The van der Waals surface area contributed by atoms with E-state index in [4.69, 9.17) is 0 Å². The number of nitrogens with one attached hydrogen (secondary N) is 1. The fourth-order valence-electron chi connectivity index (χ4n) is 3.00. The minimum Gasteiger partial charge on any atom is -0.339 e. The van der Waals surface area contributed by atoms with Crippen LogP contribution in [0.1, 0.15) is 16.8 Å². The molecule has 0 aliphatic rings. The van der Waals surface area contributed by atoms with Crippen LogP contribution in [0.5, 0.6) is 0 Å². The molecular weight excluding hydrogens is 335 g/mol. The molecule has 1 N–H and O–H groups in total. The molecule has 0 aliphatic carbocycles. The number of fused-ring (bicyclic) bond motifs is 1. The van der Waals surface area contributed by atoms with Gasteiger partial charge < -0.3 is 5.32 Å². The highest BCUT2D eigenvalue weighted by molar-refractivity contribution is 7.15. The summed E-state index contributed by atoms with van der Waals surface area (Å²) in [6.07, 6.45) is 2.81. The maximum atomic E-state index is 14.4. The SMILES string of the molecule is Cc1cccc(C)c1Nc1c(-c2ccncc2F)nc2scc(C)n12. The first-order valence-electron chi connectivity index (χ1n) is 7.96. The maximum absolute atomic E-state index is 14.4. The number of pyridine rings is 1. The lowest BCUT2D eigenvalue weighted by molar-refractivity contribution is 0.624. The first-order valence-corrected chi connectivity index (χ1v) is 8.84. The Morgan fingerprint density at radius 2 is 1.88 bits per heavy atom. The van der Waals surface area contributed by atoms with Gasteiger partial charge >= 0.3 is 0 Å². The van der Waals surface area contributed by atoms with E-state index in [-0.39, 0.29) is 5.82 Å². The van der Waals surface area contributed by atoms with Crippen LogP contribution in [0.15, 0.2) is 42.0 Å². The molecule has 0 radical (unpaired) electrons. The lowest BCUT2D eigenvalue weighted by Gasteiger charge is -2.14. The van der Waals surface area contributed by atoms with Crippen LogP contribution in [0.2, 0.25) is 0 Å². The van der Waals surface area contributed by atoms with E-state index in [1.54, 1.807) is 23.6 Å². The molecule has 3 aromatic heterocycles. The van der Waals surface area contributed by atoms with E-state index in [1.165, 1.54) is 6.20 Å². The summed E-state index contributed by atoms with van der Waals surface area (Å²) < 4.78 is 16.4. The minimum absolute atomic E-state index is 0.379. The monoisotopic (exact) mass is 352 g/mol. The van der Waals surface area contributed by atoms with Gasteiger partial charge in [-0.05, 0) is 38.0 Å². The van der Waals surface area contributed by atoms with Gasteiger partial charge in [0.1, 0.15) is 11.5 Å². The molecule has 0 unspecified atom stereocenters. The number of hydrogen-bond acceptors (Lipinski definition) is 4. The Balaban J connectivity index is 1.97. The molecule has 0 bridgehead atoms. The average molecular weight is 352 g/mol. The van der Waals surface area contributed by atoms with Gasteiger partial charge in [-0.1, -0.05) is 18.2 Å². The van der Waals surface area contributed by atoms with Crippen LogP contribution in [0, 0.1) is 26.6 Å². The van der Waals surface area contributed by atoms with Crippen molar-refractivity contribution in [3.8, 4) is 11.3 Å². The van der Waals surface area contributed by atoms with Crippen LogP contribution in [0.25, 0.3) is 16.2 Å². The Morgan fingerprint density at radius 3 is 2.60 bits per heavy atom. The number of nitrogens with zero attached hydrogens (tertiary/aromatic N) is 3. The largest absolute Gasteiger partial charge is 0.339 e. The number of benzene rings is 1. The van der Waals surface area contributed by atoms with Gasteiger partial charge in [0.05, 0.1) is 6.20 Å². The predicted molar refractivity (Wildman–Crippen MR) is 100 cm³/mol. The molecule has 126 valence electrons. The fourth-order valence-corrected chi connectivity index (χ4v) is 3.86. The molecule has 0 spiro atoms. The number of imidazole rings is 1. The summed E-state index contributed by atoms with van der Waals surface area (Å²) in [5, 5.41) is 5.55. The Hall–Kier alpha value is -2.73. The number of aryl methyl sites for hydroxylation is 3. The van der Waals surface area contributed by atoms with Crippen molar-refractivity contribution in [2.45, 2.75) is 20.8 Å². The predicted octanol–water partition coefficient (Wildman–Crippen LogP) is 5.27. The first-order chi connectivity index (χ1) is 12.1. The molecule has 0 saturated heterocycles. The molecule has 4 nitrogen and oxygen atoms in total. The third kappa shape index (κ3) is 2.59. The highest BCUT2D eigenvalue weighted by Crippen LogP contribution is 2.36. The van der Waals surface area contributed by atoms with Gasteiger partial charge in [0.25, 0.3) is 0 Å². The molecule has 0 atom stereocenters. The molecule has 4 rings (SSSR count). The van der Waals surface area contributed by atoms with Crippen molar-refractivity contribution in [3.05, 3.63) is 64.7 Å². The van der Waals surface area contributed by atoms with Gasteiger partial charge in [0.15, 0.2) is 10.8 Å². The summed E-state index contributed by atoms with van der Waals surface area (Å²) in [4.78, 5) is 9.35. The standard InChI is InChI=1S/C19H17FN4S/c1-11-5-4-6-12(2)16(11)22-18-17(14-7-8-21-9-15(14)20)23-19-24(18)13(3)10-25-19/h4-10,22H,1-3H3. The van der Waals surface area contributed by atoms with Crippen LogP contribution in [-0.4, -0.2) is 14.4 Å². The van der Waals surface area contributed by atoms with Gasteiger partial charge in [0, 0.05) is 28.5 Å². The van der Waals surface area contributed by atoms with Gasteiger partial charge in [-0.3, -0.25) is 9.38 Å². The topological polar surface area (TPSA) is 42.2 Å². The summed E-state index contributed by atoms with van der Waals surface area (Å²) in [5.41, 5.74) is 5.37. The summed E-state index contributed by atoms with van der Waals surface area (Å²) in [6, 6.07) is 7.80. The molecule has 1 aromatic carbocycles. The zero-order chi connectivity index (χ0) is 17.6. The average Bonchev–Trinajstić information content (AvgIpc) is 3.12. The van der Waals surface area contributed by atoms with E-state index in [0.29, 0.717) is 11.3 Å². The molecule has 4 aromatic rings. The number of thiazole rings is 1. The van der Waals surface area contributed by atoms with E-state index in [1.807, 2.05) is 22.8 Å². The molecule has 6 heteroatoms. The van der Waals surface area contributed by atoms with Crippen LogP contribution in [0.4, 0.5) is 15.9 Å². The lowest BCUT2D eigenvalue weighted by Crippen LogP contribution is -2.01. The Kier molecular flexibility index (Phi) is 3.77. The summed E-state index contributed by atoms with van der Waals surface area (Å²) in [7, 11) is 0. The van der Waals surface area contributed by atoms with Crippen LogP contribution >= 0.6 is 11.3 Å². The number of para-hydroxylation sites is 1. The summed E-state index contributed by atoms with van der Waals surface area (Å²) in [6.45, 7) is 6.13. The summed E-state index contributed by atoms with van der Waals surface area (Å²) >= 11 is 1.54. The van der Waals surface area contributed by atoms with E-state index in [0.717, 1.165) is 33.3 Å². The van der Waals surface area contributed by atoms with Crippen LogP contribution in [-0.2, 0) is 0 Å². The smallest absolute Gasteiger partial charge is 0.196 e. The molecule has 25 heavy (non-hydrogen) atoms. The lowest BCUT2D eigenvalue weighted by atomic mass is 10.1. The van der Waals surface area contributed by atoms with Crippen molar-refractivity contribution < 1.29 is 4.39 Å². The minimum atomic E-state index is -0.379. The van der Waals surface area contributed by atoms with Crippen molar-refractivity contribution in [1.29, 1.82) is 0 Å². The molecule has 0 aliphatic heterocycles. The van der Waals surface area contributed by atoms with Crippen LogP contribution < -0.4 is 5.32 Å².